The Morgan fingerprint density at radius 1 is 0.969 bits per heavy atom. The minimum absolute atomic E-state index is 0.0276. The number of ether oxygens (including phenoxy) is 1. The Kier molecular flexibility index (Phi) is 6.23. The Bertz CT molecular complexity index is 1240. The number of hydrazine groups is 1. The third kappa shape index (κ3) is 4.65. The Balaban J connectivity index is 1.37. The van der Waals surface area contributed by atoms with E-state index in [4.69, 9.17) is 20.8 Å². The molecule has 4 aromatic rings. The van der Waals surface area contributed by atoms with Gasteiger partial charge in [-0.3, -0.25) is 20.4 Å². The summed E-state index contributed by atoms with van der Waals surface area (Å²) in [5.74, 6) is -0.0330. The van der Waals surface area contributed by atoms with Crippen LogP contribution in [0.15, 0.2) is 77.2 Å². The summed E-state index contributed by atoms with van der Waals surface area (Å²) in [6.07, 6.45) is 0. The summed E-state index contributed by atoms with van der Waals surface area (Å²) in [5.41, 5.74) is 5.95. The van der Waals surface area contributed by atoms with Gasteiger partial charge in [0.25, 0.3) is 5.91 Å². The van der Waals surface area contributed by atoms with Gasteiger partial charge in [-0.25, -0.2) is 4.68 Å². The van der Waals surface area contributed by atoms with Crippen molar-refractivity contribution in [3.05, 3.63) is 101 Å². The molecule has 2 amide bonds. The first-order chi connectivity index (χ1) is 15.5. The number of aromatic nitrogens is 2. The van der Waals surface area contributed by atoms with Crippen molar-refractivity contribution < 1.29 is 18.7 Å². The van der Waals surface area contributed by atoms with Crippen molar-refractivity contribution in [1.82, 2.24) is 20.6 Å². The molecule has 2 heterocycles. The average Bonchev–Trinajstić information content (AvgIpc) is 3.41. The third-order valence-electron chi connectivity index (χ3n) is 4.53. The molecule has 2 aromatic heterocycles. The molecule has 0 unspecified atom stereocenters. The number of para-hydroxylation sites is 2. The molecule has 0 bridgehead atoms. The van der Waals surface area contributed by atoms with Crippen molar-refractivity contribution >= 4 is 23.4 Å². The van der Waals surface area contributed by atoms with Gasteiger partial charge in [0.2, 0.25) is 0 Å². The van der Waals surface area contributed by atoms with E-state index in [1.807, 2.05) is 60.7 Å². The van der Waals surface area contributed by atoms with Crippen LogP contribution in [-0.4, -0.2) is 21.6 Å². The predicted molar refractivity (Wildman–Crippen MR) is 118 cm³/mol. The molecule has 0 aliphatic carbocycles. The number of aryl methyl sites for hydroxylation is 1. The van der Waals surface area contributed by atoms with E-state index >= 15 is 0 Å². The lowest BCUT2D eigenvalue weighted by molar-refractivity contribution is 0.0828. The van der Waals surface area contributed by atoms with Crippen molar-refractivity contribution in [3.63, 3.8) is 0 Å². The number of carbonyl (C=O) groups excluding carboxylic acids is 2. The van der Waals surface area contributed by atoms with Crippen LogP contribution in [0.2, 0.25) is 5.15 Å². The van der Waals surface area contributed by atoms with E-state index in [0.717, 1.165) is 0 Å². The molecule has 2 aromatic carbocycles. The maximum Gasteiger partial charge on any atom is 0.305 e. The molecule has 8 nitrogen and oxygen atoms in total. The number of carbonyl (C=O) groups is 2. The topological polar surface area (TPSA) is 98.4 Å². The van der Waals surface area contributed by atoms with Gasteiger partial charge < -0.3 is 9.15 Å². The Morgan fingerprint density at radius 2 is 1.62 bits per heavy atom. The highest BCUT2D eigenvalue weighted by Gasteiger charge is 2.22. The fourth-order valence-electron chi connectivity index (χ4n) is 2.98. The summed E-state index contributed by atoms with van der Waals surface area (Å²) < 4.78 is 12.5. The number of furan rings is 1. The van der Waals surface area contributed by atoms with E-state index in [9.17, 15) is 9.59 Å². The molecule has 0 radical (unpaired) electrons. The van der Waals surface area contributed by atoms with E-state index in [-0.39, 0.29) is 23.1 Å². The standard InChI is InChI=1S/C23H19ClN4O4/c1-15-20(21(24)28(27-15)16-8-4-2-5-9-16)23(30)26-25-22(29)19-13-12-18(32-19)14-31-17-10-6-3-7-11-17/h2-13H,14H2,1H3,(H,25,29)(H,26,30). The van der Waals surface area contributed by atoms with Crippen LogP contribution in [0.5, 0.6) is 5.75 Å². The Morgan fingerprint density at radius 3 is 2.34 bits per heavy atom. The minimum atomic E-state index is -0.617. The molecule has 2 N–H and O–H groups in total. The zero-order valence-electron chi connectivity index (χ0n) is 17.0. The summed E-state index contributed by atoms with van der Waals surface area (Å²) in [4.78, 5) is 25.0. The summed E-state index contributed by atoms with van der Waals surface area (Å²) in [5, 5.41) is 4.45. The number of hydrogen-bond acceptors (Lipinski definition) is 5. The summed E-state index contributed by atoms with van der Waals surface area (Å²) >= 11 is 6.37. The first-order valence-electron chi connectivity index (χ1n) is 9.70. The molecule has 0 fully saturated rings. The maximum absolute atomic E-state index is 12.6. The van der Waals surface area contributed by atoms with E-state index in [0.29, 0.717) is 22.9 Å². The molecule has 0 saturated carbocycles. The summed E-state index contributed by atoms with van der Waals surface area (Å²) in [6.45, 7) is 1.82. The monoisotopic (exact) mass is 450 g/mol. The van der Waals surface area contributed by atoms with Crippen molar-refractivity contribution in [2.24, 2.45) is 0 Å². The second kappa shape index (κ2) is 9.40. The fourth-order valence-corrected chi connectivity index (χ4v) is 3.34. The van der Waals surface area contributed by atoms with Gasteiger partial charge in [0, 0.05) is 0 Å². The number of nitrogens with one attached hydrogen (secondary N) is 2. The first-order valence-corrected chi connectivity index (χ1v) is 10.1. The van der Waals surface area contributed by atoms with E-state index in [1.54, 1.807) is 13.0 Å². The molecule has 0 aliphatic rings. The smallest absolute Gasteiger partial charge is 0.305 e. The highest BCUT2D eigenvalue weighted by molar-refractivity contribution is 6.33. The highest BCUT2D eigenvalue weighted by Crippen LogP contribution is 2.23. The van der Waals surface area contributed by atoms with Crippen molar-refractivity contribution in [1.29, 1.82) is 0 Å². The lowest BCUT2D eigenvalue weighted by Crippen LogP contribution is -2.41. The van der Waals surface area contributed by atoms with Gasteiger partial charge >= 0.3 is 5.91 Å². The van der Waals surface area contributed by atoms with Crippen LogP contribution >= 0.6 is 11.6 Å². The van der Waals surface area contributed by atoms with Gasteiger partial charge in [-0.2, -0.15) is 5.10 Å². The van der Waals surface area contributed by atoms with Crippen LogP contribution in [0.3, 0.4) is 0 Å². The van der Waals surface area contributed by atoms with Crippen LogP contribution < -0.4 is 15.6 Å². The molecular formula is C23H19ClN4O4. The molecule has 4 rings (SSSR count). The number of halogens is 1. The predicted octanol–water partition coefficient (Wildman–Crippen LogP) is 4.08. The second-order valence-corrected chi connectivity index (χ2v) is 7.13. The maximum atomic E-state index is 12.6. The van der Waals surface area contributed by atoms with Crippen LogP contribution in [0, 0.1) is 6.92 Å². The Labute approximate surface area is 188 Å². The lowest BCUT2D eigenvalue weighted by Gasteiger charge is -2.06. The Hall–Kier alpha value is -4.04. The minimum Gasteiger partial charge on any atom is -0.486 e. The highest BCUT2D eigenvalue weighted by atomic mass is 35.5. The zero-order chi connectivity index (χ0) is 22.5. The quantitative estimate of drug-likeness (QED) is 0.431. The van der Waals surface area contributed by atoms with E-state index in [2.05, 4.69) is 16.0 Å². The van der Waals surface area contributed by atoms with Gasteiger partial charge in [-0.05, 0) is 43.3 Å². The van der Waals surface area contributed by atoms with Gasteiger partial charge in [0.1, 0.15) is 28.8 Å². The average molecular weight is 451 g/mol. The molecule has 0 atom stereocenters. The molecule has 0 saturated heterocycles. The fraction of sp³-hybridized carbons (Fsp3) is 0.0870. The largest absolute Gasteiger partial charge is 0.486 e. The molecule has 9 heteroatoms. The van der Waals surface area contributed by atoms with Crippen molar-refractivity contribution in [2.75, 3.05) is 0 Å². The lowest BCUT2D eigenvalue weighted by atomic mass is 10.2. The molecule has 162 valence electrons. The molecule has 0 spiro atoms. The molecule has 0 aliphatic heterocycles. The van der Waals surface area contributed by atoms with E-state index < -0.39 is 11.8 Å². The van der Waals surface area contributed by atoms with Crippen LogP contribution in [0.25, 0.3) is 5.69 Å². The molecule has 32 heavy (non-hydrogen) atoms. The van der Waals surface area contributed by atoms with Gasteiger partial charge in [0.15, 0.2) is 5.76 Å². The van der Waals surface area contributed by atoms with Crippen LogP contribution in [0.4, 0.5) is 0 Å². The number of rotatable bonds is 6. The second-order valence-electron chi connectivity index (χ2n) is 6.77. The van der Waals surface area contributed by atoms with Crippen molar-refractivity contribution in [3.8, 4) is 11.4 Å². The summed E-state index contributed by atoms with van der Waals surface area (Å²) in [7, 11) is 0. The SMILES string of the molecule is Cc1nn(-c2ccccc2)c(Cl)c1C(=O)NNC(=O)c1ccc(COc2ccccc2)o1. The summed E-state index contributed by atoms with van der Waals surface area (Å²) in [6, 6.07) is 21.5. The van der Waals surface area contributed by atoms with Gasteiger partial charge in [-0.1, -0.05) is 48.0 Å². The first kappa shape index (κ1) is 21.2. The molecular weight excluding hydrogens is 432 g/mol. The number of benzene rings is 2. The number of nitrogens with zero attached hydrogens (tertiary/aromatic N) is 2. The van der Waals surface area contributed by atoms with Crippen LogP contribution in [-0.2, 0) is 6.61 Å². The van der Waals surface area contributed by atoms with Gasteiger partial charge in [0.05, 0.1) is 11.4 Å². The van der Waals surface area contributed by atoms with Crippen molar-refractivity contribution in [2.45, 2.75) is 13.5 Å². The van der Waals surface area contributed by atoms with Gasteiger partial charge in [-0.15, -0.1) is 0 Å². The number of amides is 2. The third-order valence-corrected chi connectivity index (χ3v) is 4.88. The number of hydrogen-bond donors (Lipinski definition) is 2. The van der Waals surface area contributed by atoms with E-state index in [1.165, 1.54) is 10.7 Å². The zero-order valence-corrected chi connectivity index (χ0v) is 17.8. The normalized spacial score (nSPS) is 10.6. The van der Waals surface area contributed by atoms with Crippen LogP contribution in [0.1, 0.15) is 32.4 Å².